The zero-order valence-electron chi connectivity index (χ0n) is 17.4. The maximum Gasteiger partial charge on any atom is 0.280 e. The van der Waals surface area contributed by atoms with Crippen molar-refractivity contribution in [2.24, 2.45) is 5.10 Å². The average Bonchev–Trinajstić information content (AvgIpc) is 3.08. The molecule has 1 aliphatic rings. The molecule has 166 valence electrons. The van der Waals surface area contributed by atoms with Crippen LogP contribution in [0.15, 0.2) is 81.9 Å². The Kier molecular flexibility index (Phi) is 6.57. The zero-order valence-corrected chi connectivity index (χ0v) is 19.7. The summed E-state index contributed by atoms with van der Waals surface area (Å²) in [6, 6.07) is 18.8. The molecule has 1 heterocycles. The van der Waals surface area contributed by atoms with E-state index in [2.05, 4.69) is 21.0 Å². The molecule has 0 radical (unpaired) electrons. The molecule has 0 N–H and O–H groups in total. The molecule has 3 aromatic carbocycles. The highest BCUT2D eigenvalue weighted by Crippen LogP contribution is 2.36. The van der Waals surface area contributed by atoms with Gasteiger partial charge in [-0.15, -0.1) is 0 Å². The quantitative estimate of drug-likeness (QED) is 0.211. The molecule has 4 rings (SSSR count). The van der Waals surface area contributed by atoms with E-state index in [0.717, 1.165) is 5.56 Å². The van der Waals surface area contributed by atoms with Crippen molar-refractivity contribution in [2.45, 2.75) is 13.5 Å². The van der Waals surface area contributed by atoms with Crippen molar-refractivity contribution in [3.05, 3.63) is 103 Å². The minimum Gasteiger partial charge on any atom is -0.486 e. The number of anilines is 1. The summed E-state index contributed by atoms with van der Waals surface area (Å²) in [5.41, 5.74) is 3.26. The number of para-hydroxylation sites is 1. The van der Waals surface area contributed by atoms with Crippen molar-refractivity contribution >= 4 is 56.6 Å². The van der Waals surface area contributed by atoms with Crippen LogP contribution in [0.1, 0.15) is 18.1 Å². The molecule has 33 heavy (non-hydrogen) atoms. The number of rotatable bonds is 6. The zero-order chi connectivity index (χ0) is 23.5. The predicted molar refractivity (Wildman–Crippen MR) is 132 cm³/mol. The SMILES string of the molecule is CC1=NN(c2ccccc2)C(=O)/C1=C/c1cc(Cl)c(OCc2ccc([N+](=O)[O-])cc2)c(Br)c1. The number of nitro groups is 1. The number of carbonyl (C=O) groups excluding carboxylic acids is 1. The fraction of sp³-hybridized carbons (Fsp3) is 0.0833. The van der Waals surface area contributed by atoms with Crippen molar-refractivity contribution in [2.75, 3.05) is 5.01 Å². The van der Waals surface area contributed by atoms with Gasteiger partial charge in [0, 0.05) is 12.1 Å². The fourth-order valence-electron chi connectivity index (χ4n) is 3.27. The van der Waals surface area contributed by atoms with Crippen LogP contribution in [0, 0.1) is 10.1 Å². The number of non-ortho nitro benzene ring substituents is 1. The summed E-state index contributed by atoms with van der Waals surface area (Å²) in [6.07, 6.45) is 1.74. The molecule has 3 aromatic rings. The van der Waals surface area contributed by atoms with Crippen molar-refractivity contribution in [3.63, 3.8) is 0 Å². The Labute approximate surface area is 203 Å². The molecule has 0 bridgehead atoms. The fourth-order valence-corrected chi connectivity index (χ4v) is 4.25. The lowest BCUT2D eigenvalue weighted by Gasteiger charge is -2.12. The number of hydrogen-bond donors (Lipinski definition) is 0. The normalized spacial score (nSPS) is 14.5. The third-order valence-corrected chi connectivity index (χ3v) is 5.80. The van der Waals surface area contributed by atoms with Crippen LogP contribution in [0.3, 0.4) is 0 Å². The molecule has 0 aromatic heterocycles. The van der Waals surface area contributed by atoms with Crippen LogP contribution in [0.4, 0.5) is 11.4 Å². The number of hydrazone groups is 1. The highest BCUT2D eigenvalue weighted by atomic mass is 79.9. The van der Waals surface area contributed by atoms with E-state index >= 15 is 0 Å². The van der Waals surface area contributed by atoms with Gasteiger partial charge in [-0.25, -0.2) is 0 Å². The summed E-state index contributed by atoms with van der Waals surface area (Å²) in [6.45, 7) is 1.97. The number of carbonyl (C=O) groups is 1. The van der Waals surface area contributed by atoms with Crippen LogP contribution in [0.2, 0.25) is 5.02 Å². The van der Waals surface area contributed by atoms with E-state index in [1.54, 1.807) is 37.3 Å². The van der Waals surface area contributed by atoms with Crippen LogP contribution in [0.25, 0.3) is 6.08 Å². The maximum absolute atomic E-state index is 12.9. The number of nitro benzene ring substituents is 1. The smallest absolute Gasteiger partial charge is 0.280 e. The Balaban J connectivity index is 1.52. The first-order valence-corrected chi connectivity index (χ1v) is 11.0. The van der Waals surface area contributed by atoms with Crippen LogP contribution in [-0.2, 0) is 11.4 Å². The number of halogens is 2. The van der Waals surface area contributed by atoms with E-state index in [9.17, 15) is 14.9 Å². The van der Waals surface area contributed by atoms with E-state index in [1.165, 1.54) is 17.1 Å². The van der Waals surface area contributed by atoms with Gasteiger partial charge in [-0.05, 0) is 76.5 Å². The van der Waals surface area contributed by atoms with Gasteiger partial charge in [0.2, 0.25) is 0 Å². The van der Waals surface area contributed by atoms with Gasteiger partial charge < -0.3 is 4.74 Å². The molecular weight excluding hydrogens is 510 g/mol. The molecular formula is C24H17BrClN3O4. The van der Waals surface area contributed by atoms with Gasteiger partial charge in [-0.3, -0.25) is 14.9 Å². The predicted octanol–water partition coefficient (Wildman–Crippen LogP) is 6.40. The van der Waals surface area contributed by atoms with Gasteiger partial charge in [0.1, 0.15) is 6.61 Å². The van der Waals surface area contributed by atoms with Crippen molar-refractivity contribution in [1.82, 2.24) is 0 Å². The first kappa shape index (κ1) is 22.7. The maximum atomic E-state index is 12.9. The lowest BCUT2D eigenvalue weighted by Crippen LogP contribution is -2.21. The molecule has 0 fully saturated rings. The largest absolute Gasteiger partial charge is 0.486 e. The average molecular weight is 527 g/mol. The van der Waals surface area contributed by atoms with E-state index in [-0.39, 0.29) is 18.2 Å². The lowest BCUT2D eigenvalue weighted by molar-refractivity contribution is -0.384. The summed E-state index contributed by atoms with van der Waals surface area (Å²) in [7, 11) is 0. The van der Waals surface area contributed by atoms with Crippen LogP contribution in [-0.4, -0.2) is 16.5 Å². The third-order valence-electron chi connectivity index (χ3n) is 4.93. The molecule has 0 aliphatic carbocycles. The van der Waals surface area contributed by atoms with Crippen LogP contribution >= 0.6 is 27.5 Å². The van der Waals surface area contributed by atoms with Crippen LogP contribution < -0.4 is 9.75 Å². The molecule has 0 spiro atoms. The highest BCUT2D eigenvalue weighted by molar-refractivity contribution is 9.10. The van der Waals surface area contributed by atoms with Gasteiger partial charge in [0.15, 0.2) is 5.75 Å². The molecule has 7 nitrogen and oxygen atoms in total. The number of benzene rings is 3. The minimum absolute atomic E-state index is 0.0153. The molecule has 9 heteroatoms. The minimum atomic E-state index is -0.452. The Morgan fingerprint density at radius 1 is 1.15 bits per heavy atom. The van der Waals surface area contributed by atoms with Gasteiger partial charge in [0.05, 0.1) is 31.4 Å². The topological polar surface area (TPSA) is 85.0 Å². The molecule has 0 saturated carbocycles. The Morgan fingerprint density at radius 3 is 2.48 bits per heavy atom. The molecule has 0 saturated heterocycles. The second kappa shape index (κ2) is 9.56. The summed E-state index contributed by atoms with van der Waals surface area (Å²) in [5, 5.41) is 16.9. The summed E-state index contributed by atoms with van der Waals surface area (Å²) in [5.74, 6) is 0.218. The Bertz CT molecular complexity index is 1270. The number of amides is 1. The van der Waals surface area contributed by atoms with E-state index in [4.69, 9.17) is 16.3 Å². The van der Waals surface area contributed by atoms with Crippen molar-refractivity contribution in [1.29, 1.82) is 0 Å². The van der Waals surface area contributed by atoms with E-state index in [1.807, 2.05) is 30.3 Å². The second-order valence-corrected chi connectivity index (χ2v) is 8.48. The molecule has 1 aliphatic heterocycles. The van der Waals surface area contributed by atoms with Gasteiger partial charge >= 0.3 is 0 Å². The van der Waals surface area contributed by atoms with Gasteiger partial charge in [-0.2, -0.15) is 10.1 Å². The summed E-state index contributed by atoms with van der Waals surface area (Å²) < 4.78 is 6.44. The lowest BCUT2D eigenvalue weighted by atomic mass is 10.1. The van der Waals surface area contributed by atoms with Crippen LogP contribution in [0.5, 0.6) is 5.75 Å². The van der Waals surface area contributed by atoms with Crippen molar-refractivity contribution in [3.8, 4) is 5.75 Å². The first-order chi connectivity index (χ1) is 15.8. The molecule has 1 amide bonds. The Hall–Kier alpha value is -3.49. The van der Waals surface area contributed by atoms with Gasteiger partial charge in [-0.1, -0.05) is 29.8 Å². The summed E-state index contributed by atoms with van der Waals surface area (Å²) >= 11 is 9.93. The first-order valence-electron chi connectivity index (χ1n) is 9.85. The Morgan fingerprint density at radius 2 is 1.85 bits per heavy atom. The third kappa shape index (κ3) is 4.97. The number of hydrogen-bond acceptors (Lipinski definition) is 5. The monoisotopic (exact) mass is 525 g/mol. The number of ether oxygens (including phenoxy) is 1. The number of nitrogens with zero attached hydrogens (tertiary/aromatic N) is 3. The van der Waals surface area contributed by atoms with Crippen molar-refractivity contribution < 1.29 is 14.5 Å². The van der Waals surface area contributed by atoms with E-state index in [0.29, 0.717) is 37.8 Å². The standard InChI is InChI=1S/C24H17BrClN3O4/c1-15-20(24(30)28(27-15)18-5-3-2-4-6-18)11-17-12-21(25)23(22(26)13-17)33-14-16-7-9-19(10-8-16)29(31)32/h2-13H,14H2,1H3/b20-11+. The molecule has 0 unspecified atom stereocenters. The van der Waals surface area contributed by atoms with E-state index < -0.39 is 4.92 Å². The second-order valence-electron chi connectivity index (χ2n) is 7.22. The summed E-state index contributed by atoms with van der Waals surface area (Å²) in [4.78, 5) is 23.2. The molecule has 0 atom stereocenters. The van der Waals surface area contributed by atoms with Gasteiger partial charge in [0.25, 0.3) is 11.6 Å². The highest BCUT2D eigenvalue weighted by Gasteiger charge is 2.28.